The van der Waals surface area contributed by atoms with Gasteiger partial charge < -0.3 is 9.88 Å². The number of carbonyl (C=O) groups is 1. The van der Waals surface area contributed by atoms with Gasteiger partial charge in [0.25, 0.3) is 21.1 Å². The molecule has 1 N–H and O–H groups in total. The van der Waals surface area contributed by atoms with Crippen LogP contribution in [0, 0.1) is 18.3 Å². The number of nitrogens with one attached hydrogen (secondary N) is 1. The Balaban J connectivity index is 1.44. The molecule has 0 spiro atoms. The summed E-state index contributed by atoms with van der Waals surface area (Å²) in [7, 11) is -2.05. The molecule has 2 aliphatic rings. The number of amides is 1. The van der Waals surface area contributed by atoms with E-state index >= 15 is 0 Å². The average molecular weight is 466 g/mol. The molecule has 1 aliphatic heterocycles. The summed E-state index contributed by atoms with van der Waals surface area (Å²) in [6.07, 6.45) is 6.21. The average Bonchev–Trinajstić information content (AvgIpc) is 3.42. The molecule has 2 fully saturated rings. The van der Waals surface area contributed by atoms with Gasteiger partial charge in [0.2, 0.25) is 0 Å². The van der Waals surface area contributed by atoms with Crippen LogP contribution in [0.4, 0.5) is 0 Å². The SMILES string of the molecule is Cc1ccc(C(=O)NCC2(CC3CC3)CCN(S(=O)(=O)c3nncn3C)CC2)c(Cl)c1. The molecule has 10 heteroatoms. The molecule has 0 bridgehead atoms. The van der Waals surface area contributed by atoms with Crippen LogP contribution in [0.1, 0.15) is 48.0 Å². The fourth-order valence-corrected chi connectivity index (χ4v) is 6.15. The van der Waals surface area contributed by atoms with Crippen molar-refractivity contribution in [3.8, 4) is 0 Å². The van der Waals surface area contributed by atoms with E-state index in [0.717, 1.165) is 12.0 Å². The molecule has 31 heavy (non-hydrogen) atoms. The van der Waals surface area contributed by atoms with E-state index in [1.807, 2.05) is 13.0 Å². The maximum Gasteiger partial charge on any atom is 0.278 e. The lowest BCUT2D eigenvalue weighted by atomic mass is 9.74. The van der Waals surface area contributed by atoms with E-state index < -0.39 is 10.0 Å². The van der Waals surface area contributed by atoms with Crippen LogP contribution in [0.5, 0.6) is 0 Å². The quantitative estimate of drug-likeness (QED) is 0.678. The van der Waals surface area contributed by atoms with Crippen LogP contribution in [0.3, 0.4) is 0 Å². The first kappa shape index (κ1) is 22.2. The normalized spacial score (nSPS) is 19.3. The number of piperidine rings is 1. The highest BCUT2D eigenvalue weighted by atomic mass is 35.5. The molecule has 1 aromatic heterocycles. The molecule has 0 atom stereocenters. The lowest BCUT2D eigenvalue weighted by Gasteiger charge is -2.41. The molecular formula is C21H28ClN5O3S. The molecule has 2 heterocycles. The summed E-state index contributed by atoms with van der Waals surface area (Å²) in [4.78, 5) is 12.8. The van der Waals surface area contributed by atoms with Crippen molar-refractivity contribution >= 4 is 27.5 Å². The first-order valence-corrected chi connectivity index (χ1v) is 12.4. The maximum atomic E-state index is 12.9. The van der Waals surface area contributed by atoms with Gasteiger partial charge in [0.1, 0.15) is 6.33 Å². The first-order chi connectivity index (χ1) is 14.7. The number of sulfonamides is 1. The minimum Gasteiger partial charge on any atom is -0.351 e. The third kappa shape index (κ3) is 4.78. The van der Waals surface area contributed by atoms with Gasteiger partial charge in [0.05, 0.1) is 10.6 Å². The van der Waals surface area contributed by atoms with E-state index in [-0.39, 0.29) is 16.5 Å². The van der Waals surface area contributed by atoms with Gasteiger partial charge in [-0.25, -0.2) is 8.42 Å². The summed E-state index contributed by atoms with van der Waals surface area (Å²) in [5, 5.41) is 11.0. The van der Waals surface area contributed by atoms with E-state index in [1.54, 1.807) is 19.2 Å². The van der Waals surface area contributed by atoms with Crippen molar-refractivity contribution in [2.75, 3.05) is 19.6 Å². The van der Waals surface area contributed by atoms with Crippen LogP contribution in [0.2, 0.25) is 5.02 Å². The van der Waals surface area contributed by atoms with Crippen molar-refractivity contribution in [3.63, 3.8) is 0 Å². The molecule has 1 aliphatic carbocycles. The zero-order valence-corrected chi connectivity index (χ0v) is 19.4. The summed E-state index contributed by atoms with van der Waals surface area (Å²) >= 11 is 6.26. The second-order valence-corrected chi connectivity index (χ2v) is 11.2. The van der Waals surface area contributed by atoms with Crippen molar-refractivity contribution < 1.29 is 13.2 Å². The van der Waals surface area contributed by atoms with Gasteiger partial charge in [-0.3, -0.25) is 4.79 Å². The molecule has 1 saturated heterocycles. The zero-order valence-electron chi connectivity index (χ0n) is 17.8. The molecule has 0 unspecified atom stereocenters. The monoisotopic (exact) mass is 465 g/mol. The number of carbonyl (C=O) groups excluding carboxylic acids is 1. The minimum atomic E-state index is -3.68. The van der Waals surface area contributed by atoms with Gasteiger partial charge >= 0.3 is 0 Å². The Labute approximate surface area is 188 Å². The number of halogens is 1. The molecule has 2 aromatic rings. The van der Waals surface area contributed by atoms with Crippen LogP contribution in [-0.2, 0) is 17.1 Å². The van der Waals surface area contributed by atoms with E-state index in [9.17, 15) is 13.2 Å². The van der Waals surface area contributed by atoms with E-state index in [0.29, 0.717) is 49.0 Å². The van der Waals surface area contributed by atoms with Crippen molar-refractivity contribution in [2.45, 2.75) is 44.2 Å². The Morgan fingerprint density at radius 2 is 2.00 bits per heavy atom. The fraction of sp³-hybridized carbons (Fsp3) is 0.571. The number of hydrogen-bond donors (Lipinski definition) is 1. The second kappa shape index (κ2) is 8.52. The van der Waals surface area contributed by atoms with Gasteiger partial charge in [0, 0.05) is 26.7 Å². The molecule has 1 aromatic carbocycles. The van der Waals surface area contributed by atoms with Gasteiger partial charge in [0.15, 0.2) is 0 Å². The van der Waals surface area contributed by atoms with E-state index in [2.05, 4.69) is 15.5 Å². The third-order valence-corrected chi connectivity index (χ3v) is 8.62. The summed E-state index contributed by atoms with van der Waals surface area (Å²) < 4.78 is 28.8. The Morgan fingerprint density at radius 1 is 1.29 bits per heavy atom. The molecular weight excluding hydrogens is 438 g/mol. The van der Waals surface area contributed by atoms with E-state index in [4.69, 9.17) is 11.6 Å². The maximum absolute atomic E-state index is 12.9. The molecule has 1 amide bonds. The van der Waals surface area contributed by atoms with Crippen molar-refractivity contribution in [1.82, 2.24) is 24.4 Å². The van der Waals surface area contributed by atoms with Crippen molar-refractivity contribution in [1.29, 1.82) is 0 Å². The largest absolute Gasteiger partial charge is 0.351 e. The zero-order chi connectivity index (χ0) is 22.2. The number of benzene rings is 1. The summed E-state index contributed by atoms with van der Waals surface area (Å²) in [6, 6.07) is 5.40. The Kier molecular flexibility index (Phi) is 6.11. The van der Waals surface area contributed by atoms with Crippen LogP contribution >= 0.6 is 11.6 Å². The summed E-state index contributed by atoms with van der Waals surface area (Å²) in [5.74, 6) is 0.482. The number of hydrogen-bond acceptors (Lipinski definition) is 5. The summed E-state index contributed by atoms with van der Waals surface area (Å²) in [5.41, 5.74) is 1.36. The summed E-state index contributed by atoms with van der Waals surface area (Å²) in [6.45, 7) is 3.26. The minimum absolute atomic E-state index is 0.0375. The van der Waals surface area contributed by atoms with Crippen LogP contribution in [0.15, 0.2) is 29.7 Å². The third-order valence-electron chi connectivity index (χ3n) is 6.44. The van der Waals surface area contributed by atoms with Gasteiger partial charge in [-0.05, 0) is 55.2 Å². The van der Waals surface area contributed by atoms with Gasteiger partial charge in [-0.2, -0.15) is 4.31 Å². The van der Waals surface area contributed by atoms with Crippen LogP contribution < -0.4 is 5.32 Å². The number of nitrogens with zero attached hydrogens (tertiary/aromatic N) is 4. The second-order valence-electron chi connectivity index (χ2n) is 8.94. The van der Waals surface area contributed by atoms with Crippen LogP contribution in [-0.4, -0.2) is 53.0 Å². The van der Waals surface area contributed by atoms with Crippen molar-refractivity contribution in [3.05, 3.63) is 40.7 Å². The standard InChI is InChI=1S/C21H28ClN5O3S/c1-15-3-6-17(18(22)11-15)19(28)23-13-21(12-16-4-5-16)7-9-27(10-8-21)31(29,30)20-25-24-14-26(20)2/h3,6,11,14,16H,4-5,7-10,12-13H2,1-2H3,(H,23,28). The highest BCUT2D eigenvalue weighted by Gasteiger charge is 2.43. The van der Waals surface area contributed by atoms with E-state index in [1.165, 1.54) is 28.0 Å². The Morgan fingerprint density at radius 3 is 2.58 bits per heavy atom. The number of aryl methyl sites for hydroxylation is 2. The predicted octanol–water partition coefficient (Wildman–Crippen LogP) is 2.78. The molecule has 8 nitrogen and oxygen atoms in total. The fourth-order valence-electron chi connectivity index (χ4n) is 4.38. The van der Waals surface area contributed by atoms with Gasteiger partial charge in [-0.1, -0.05) is 30.5 Å². The number of aromatic nitrogens is 3. The van der Waals surface area contributed by atoms with Gasteiger partial charge in [-0.15, -0.1) is 10.2 Å². The smallest absolute Gasteiger partial charge is 0.278 e. The number of rotatable bonds is 7. The van der Waals surface area contributed by atoms with Crippen molar-refractivity contribution in [2.24, 2.45) is 18.4 Å². The van der Waals surface area contributed by atoms with Crippen LogP contribution in [0.25, 0.3) is 0 Å². The molecule has 1 saturated carbocycles. The predicted molar refractivity (Wildman–Crippen MR) is 117 cm³/mol. The Hall–Kier alpha value is -1.97. The first-order valence-electron chi connectivity index (χ1n) is 10.6. The molecule has 4 rings (SSSR count). The molecule has 168 valence electrons. The highest BCUT2D eigenvalue weighted by molar-refractivity contribution is 7.89. The Bertz CT molecular complexity index is 1070. The topological polar surface area (TPSA) is 97.2 Å². The highest BCUT2D eigenvalue weighted by Crippen LogP contribution is 2.46. The lowest BCUT2D eigenvalue weighted by Crippen LogP contribution is -2.48. The lowest BCUT2D eigenvalue weighted by molar-refractivity contribution is 0.0871. The molecule has 0 radical (unpaired) electrons.